The number of aryl methyl sites for hydroxylation is 1. The van der Waals surface area contributed by atoms with Gasteiger partial charge in [0.2, 0.25) is 0 Å². The van der Waals surface area contributed by atoms with Gasteiger partial charge in [-0.15, -0.1) is 0 Å². The van der Waals surface area contributed by atoms with E-state index in [-0.39, 0.29) is 21.8 Å². The zero-order valence-corrected chi connectivity index (χ0v) is 11.7. The van der Waals surface area contributed by atoms with Crippen molar-refractivity contribution in [3.63, 3.8) is 0 Å². The molecule has 21 heavy (non-hydrogen) atoms. The van der Waals surface area contributed by atoms with E-state index < -0.39 is 17.7 Å². The summed E-state index contributed by atoms with van der Waals surface area (Å²) in [5.41, 5.74) is 0.398. The number of carbonyl (C=O) groups excluding carboxylic acids is 1. The molecule has 0 aliphatic carbocycles. The summed E-state index contributed by atoms with van der Waals surface area (Å²) in [7, 11) is 0. The average molecular weight is 308 g/mol. The third-order valence-electron chi connectivity index (χ3n) is 2.83. The van der Waals surface area contributed by atoms with Gasteiger partial charge in [0.05, 0.1) is 16.8 Å². The zero-order chi connectivity index (χ0) is 15.6. The van der Waals surface area contributed by atoms with Gasteiger partial charge in [0.15, 0.2) is 0 Å². The molecule has 4 nitrogen and oxygen atoms in total. The number of hydrogen-bond donors (Lipinski definition) is 2. The highest BCUT2D eigenvalue weighted by atomic mass is 35.5. The van der Waals surface area contributed by atoms with Gasteiger partial charge in [-0.25, -0.2) is 9.18 Å². The molecule has 0 heterocycles. The van der Waals surface area contributed by atoms with E-state index in [1.807, 2.05) is 0 Å². The maximum atomic E-state index is 13.7. The molecule has 0 bridgehead atoms. The fourth-order valence-electron chi connectivity index (χ4n) is 1.80. The van der Waals surface area contributed by atoms with Crippen LogP contribution in [0.25, 0.3) is 0 Å². The van der Waals surface area contributed by atoms with Crippen LogP contribution in [0.1, 0.15) is 26.3 Å². The third kappa shape index (κ3) is 3.38. The highest BCUT2D eigenvalue weighted by molar-refractivity contribution is 6.31. The molecule has 0 atom stereocenters. The highest BCUT2D eigenvalue weighted by Crippen LogP contribution is 2.22. The number of carboxylic acid groups (broad SMARTS) is 1. The van der Waals surface area contributed by atoms with Gasteiger partial charge in [-0.1, -0.05) is 17.7 Å². The topological polar surface area (TPSA) is 66.4 Å². The van der Waals surface area contributed by atoms with Gasteiger partial charge >= 0.3 is 5.97 Å². The summed E-state index contributed by atoms with van der Waals surface area (Å²) in [6.07, 6.45) is 0. The van der Waals surface area contributed by atoms with E-state index in [2.05, 4.69) is 5.32 Å². The molecule has 0 fully saturated rings. The van der Waals surface area contributed by atoms with Gasteiger partial charge in [0, 0.05) is 5.02 Å². The molecule has 0 aromatic heterocycles. The summed E-state index contributed by atoms with van der Waals surface area (Å²) in [5.74, 6) is -2.63. The first-order chi connectivity index (χ1) is 9.88. The van der Waals surface area contributed by atoms with Crippen molar-refractivity contribution in [3.05, 3.63) is 63.9 Å². The van der Waals surface area contributed by atoms with Gasteiger partial charge in [0.1, 0.15) is 5.82 Å². The Hall–Kier alpha value is -2.40. The number of aromatic carboxylic acids is 1. The molecule has 0 aliphatic rings. The molecule has 2 rings (SSSR count). The first-order valence-corrected chi connectivity index (χ1v) is 6.36. The van der Waals surface area contributed by atoms with E-state index in [9.17, 15) is 14.0 Å². The van der Waals surface area contributed by atoms with Crippen LogP contribution < -0.4 is 5.32 Å². The standard InChI is InChI=1S/C15H11ClFNO3/c1-8-2-4-10(12(17)6-8)14(19)18-13-7-9(16)3-5-11(13)15(20)21/h2-7H,1H3,(H,18,19)(H,20,21). The van der Waals surface area contributed by atoms with Crippen LogP contribution >= 0.6 is 11.6 Å². The van der Waals surface area contributed by atoms with Crippen LogP contribution in [-0.4, -0.2) is 17.0 Å². The predicted octanol–water partition coefficient (Wildman–Crippen LogP) is 3.74. The van der Waals surface area contributed by atoms with Crippen LogP contribution in [0.2, 0.25) is 5.02 Å². The normalized spacial score (nSPS) is 10.2. The van der Waals surface area contributed by atoms with E-state index in [4.69, 9.17) is 16.7 Å². The number of hydrogen-bond acceptors (Lipinski definition) is 2. The minimum Gasteiger partial charge on any atom is -0.478 e. The first kappa shape index (κ1) is 15.0. The Kier molecular flexibility index (Phi) is 4.23. The molecule has 1 amide bonds. The van der Waals surface area contributed by atoms with Crippen LogP contribution in [0.5, 0.6) is 0 Å². The summed E-state index contributed by atoms with van der Waals surface area (Å²) in [4.78, 5) is 23.1. The van der Waals surface area contributed by atoms with Crippen molar-refractivity contribution >= 4 is 29.2 Å². The Bertz CT molecular complexity index is 731. The second-order valence-electron chi connectivity index (χ2n) is 4.43. The van der Waals surface area contributed by atoms with Crippen LogP contribution in [0.4, 0.5) is 10.1 Å². The van der Waals surface area contributed by atoms with Gasteiger partial charge < -0.3 is 10.4 Å². The van der Waals surface area contributed by atoms with E-state index in [1.165, 1.54) is 30.3 Å². The van der Waals surface area contributed by atoms with E-state index in [1.54, 1.807) is 13.0 Å². The molecule has 0 spiro atoms. The van der Waals surface area contributed by atoms with Crippen molar-refractivity contribution in [1.82, 2.24) is 0 Å². The van der Waals surface area contributed by atoms with E-state index in [0.29, 0.717) is 5.56 Å². The summed E-state index contributed by atoms with van der Waals surface area (Å²) in [5, 5.41) is 11.7. The second-order valence-corrected chi connectivity index (χ2v) is 4.87. The lowest BCUT2D eigenvalue weighted by molar-refractivity contribution is 0.0698. The predicted molar refractivity (Wildman–Crippen MR) is 77.5 cm³/mol. The smallest absolute Gasteiger partial charge is 0.337 e. The van der Waals surface area contributed by atoms with Gasteiger partial charge in [-0.3, -0.25) is 4.79 Å². The van der Waals surface area contributed by atoms with Crippen LogP contribution in [0.3, 0.4) is 0 Å². The Morgan fingerprint density at radius 2 is 1.81 bits per heavy atom. The Morgan fingerprint density at radius 3 is 2.43 bits per heavy atom. The number of halogens is 2. The molecule has 0 unspecified atom stereocenters. The summed E-state index contributed by atoms with van der Waals surface area (Å²) >= 11 is 5.78. The van der Waals surface area contributed by atoms with Gasteiger partial charge in [0.25, 0.3) is 5.91 Å². The van der Waals surface area contributed by atoms with Crippen molar-refractivity contribution in [3.8, 4) is 0 Å². The molecule has 0 saturated carbocycles. The van der Waals surface area contributed by atoms with Crippen LogP contribution in [0, 0.1) is 12.7 Å². The van der Waals surface area contributed by atoms with E-state index >= 15 is 0 Å². The van der Waals surface area contributed by atoms with Gasteiger partial charge in [-0.05, 0) is 42.8 Å². The second kappa shape index (κ2) is 5.93. The third-order valence-corrected chi connectivity index (χ3v) is 3.06. The molecule has 6 heteroatoms. The molecule has 0 aliphatic heterocycles. The van der Waals surface area contributed by atoms with Crippen molar-refractivity contribution < 1.29 is 19.1 Å². The fraction of sp³-hybridized carbons (Fsp3) is 0.0667. The Balaban J connectivity index is 2.35. The van der Waals surface area contributed by atoms with Gasteiger partial charge in [-0.2, -0.15) is 0 Å². The number of anilines is 1. The number of amides is 1. The molecule has 2 N–H and O–H groups in total. The zero-order valence-electron chi connectivity index (χ0n) is 11.0. The maximum Gasteiger partial charge on any atom is 0.337 e. The summed E-state index contributed by atoms with van der Waals surface area (Å²) < 4.78 is 13.7. The molecule has 108 valence electrons. The number of rotatable bonds is 3. The molecule has 2 aromatic carbocycles. The number of benzene rings is 2. The van der Waals surface area contributed by atoms with Crippen molar-refractivity contribution in [2.75, 3.05) is 5.32 Å². The van der Waals surface area contributed by atoms with Crippen LogP contribution in [0.15, 0.2) is 36.4 Å². The molecule has 0 radical (unpaired) electrons. The fourth-order valence-corrected chi connectivity index (χ4v) is 1.97. The average Bonchev–Trinajstić information content (AvgIpc) is 2.37. The molecule has 0 saturated heterocycles. The molecular weight excluding hydrogens is 297 g/mol. The quantitative estimate of drug-likeness (QED) is 0.907. The number of carbonyl (C=O) groups is 2. The molecule has 2 aromatic rings. The lowest BCUT2D eigenvalue weighted by atomic mass is 10.1. The molecular formula is C15H11ClFNO3. The number of nitrogens with one attached hydrogen (secondary N) is 1. The van der Waals surface area contributed by atoms with E-state index in [0.717, 1.165) is 0 Å². The number of carboxylic acids is 1. The SMILES string of the molecule is Cc1ccc(C(=O)Nc2cc(Cl)ccc2C(=O)O)c(F)c1. The van der Waals surface area contributed by atoms with Crippen LogP contribution in [-0.2, 0) is 0 Å². The highest BCUT2D eigenvalue weighted by Gasteiger charge is 2.16. The lowest BCUT2D eigenvalue weighted by Crippen LogP contribution is -2.16. The maximum absolute atomic E-state index is 13.7. The summed E-state index contributed by atoms with van der Waals surface area (Å²) in [6.45, 7) is 1.70. The Labute approximate surface area is 125 Å². The lowest BCUT2D eigenvalue weighted by Gasteiger charge is -2.10. The summed E-state index contributed by atoms with van der Waals surface area (Å²) in [6, 6.07) is 8.12. The monoisotopic (exact) mass is 307 g/mol. The largest absolute Gasteiger partial charge is 0.478 e. The van der Waals surface area contributed by atoms with Crippen molar-refractivity contribution in [2.24, 2.45) is 0 Å². The van der Waals surface area contributed by atoms with Crippen molar-refractivity contribution in [2.45, 2.75) is 6.92 Å². The minimum atomic E-state index is -1.22. The minimum absolute atomic E-state index is 0.0139. The first-order valence-electron chi connectivity index (χ1n) is 5.99. The van der Waals surface area contributed by atoms with Crippen molar-refractivity contribution in [1.29, 1.82) is 0 Å². The Morgan fingerprint density at radius 1 is 1.14 bits per heavy atom.